The van der Waals surface area contributed by atoms with Crippen molar-refractivity contribution >= 4 is 39.2 Å². The Morgan fingerprint density at radius 3 is 2.73 bits per heavy atom. The van der Waals surface area contributed by atoms with Gasteiger partial charge in [-0.1, -0.05) is 36.4 Å². The lowest BCUT2D eigenvalue weighted by molar-refractivity contribution is 0.0691. The maximum atomic E-state index is 11.1. The number of carbonyl (C=O) groups is 1. The molecule has 3 aromatic heterocycles. The summed E-state index contributed by atoms with van der Waals surface area (Å²) in [6, 6.07) is 17.5. The number of para-hydroxylation sites is 2. The molecule has 6 nitrogen and oxygen atoms in total. The molecule has 126 valence electrons. The highest BCUT2D eigenvalue weighted by atomic mass is 32.1. The molecule has 0 saturated heterocycles. The summed E-state index contributed by atoms with van der Waals surface area (Å²) in [7, 11) is 0. The molecule has 0 unspecified atom stereocenters. The lowest BCUT2D eigenvalue weighted by Crippen LogP contribution is -2.00. The molecule has 3 heterocycles. The Morgan fingerprint density at radius 2 is 1.92 bits per heavy atom. The maximum absolute atomic E-state index is 11.1. The average molecular weight is 361 g/mol. The number of aromatic nitrogens is 3. The van der Waals surface area contributed by atoms with Gasteiger partial charge in [-0.25, -0.2) is 14.5 Å². The molecule has 26 heavy (non-hydrogen) atoms. The van der Waals surface area contributed by atoms with Crippen LogP contribution >= 0.6 is 11.3 Å². The second kappa shape index (κ2) is 5.53. The number of carboxylic acid groups (broad SMARTS) is 1. The summed E-state index contributed by atoms with van der Waals surface area (Å²) in [5, 5.41) is 17.7. The van der Waals surface area contributed by atoms with E-state index in [1.54, 1.807) is 4.68 Å². The standard InChI is InChI=1S/C19H11N3O3S/c23-18(24)13-10-26-19(20-13)22-14-7-3-2-6-12(14)17(21-22)16-9-11-5-1-4-8-15(11)25-16/h1-10H,(H,23,24). The van der Waals surface area contributed by atoms with Crippen molar-refractivity contribution in [2.45, 2.75) is 0 Å². The van der Waals surface area contributed by atoms with Crippen LogP contribution in [0.2, 0.25) is 0 Å². The minimum absolute atomic E-state index is 0.00914. The van der Waals surface area contributed by atoms with Gasteiger partial charge in [-0.3, -0.25) is 0 Å². The largest absolute Gasteiger partial charge is 0.476 e. The van der Waals surface area contributed by atoms with E-state index in [0.29, 0.717) is 16.6 Å². The van der Waals surface area contributed by atoms with Gasteiger partial charge < -0.3 is 9.52 Å². The van der Waals surface area contributed by atoms with Gasteiger partial charge in [0.1, 0.15) is 11.3 Å². The van der Waals surface area contributed by atoms with E-state index in [-0.39, 0.29) is 5.69 Å². The molecule has 0 aliphatic heterocycles. The van der Waals surface area contributed by atoms with Gasteiger partial charge in [-0.05, 0) is 18.2 Å². The van der Waals surface area contributed by atoms with E-state index < -0.39 is 5.97 Å². The number of furan rings is 1. The zero-order valence-corrected chi connectivity index (χ0v) is 14.1. The number of rotatable bonds is 3. The van der Waals surface area contributed by atoms with Gasteiger partial charge in [0, 0.05) is 16.2 Å². The number of hydrogen-bond donors (Lipinski definition) is 1. The molecule has 0 aliphatic carbocycles. The van der Waals surface area contributed by atoms with Crippen LogP contribution in [-0.4, -0.2) is 25.8 Å². The molecule has 0 spiro atoms. The van der Waals surface area contributed by atoms with E-state index in [4.69, 9.17) is 9.52 Å². The van der Waals surface area contributed by atoms with Gasteiger partial charge in [-0.15, -0.1) is 11.3 Å². The molecule has 0 saturated carbocycles. The van der Waals surface area contributed by atoms with Gasteiger partial charge in [-0.2, -0.15) is 5.10 Å². The average Bonchev–Trinajstić information content (AvgIpc) is 3.37. The van der Waals surface area contributed by atoms with Crippen LogP contribution in [0.1, 0.15) is 10.5 Å². The van der Waals surface area contributed by atoms with E-state index in [9.17, 15) is 4.79 Å². The van der Waals surface area contributed by atoms with Gasteiger partial charge >= 0.3 is 5.97 Å². The first-order chi connectivity index (χ1) is 12.7. The first kappa shape index (κ1) is 14.9. The maximum Gasteiger partial charge on any atom is 0.355 e. The van der Waals surface area contributed by atoms with Crippen LogP contribution in [0.3, 0.4) is 0 Å². The van der Waals surface area contributed by atoms with E-state index in [2.05, 4.69) is 10.1 Å². The first-order valence-electron chi connectivity index (χ1n) is 7.86. The van der Waals surface area contributed by atoms with Crippen molar-refractivity contribution in [1.82, 2.24) is 14.8 Å². The summed E-state index contributed by atoms with van der Waals surface area (Å²) in [5.41, 5.74) is 2.34. The van der Waals surface area contributed by atoms with Gasteiger partial charge in [0.2, 0.25) is 5.13 Å². The number of fused-ring (bicyclic) bond motifs is 2. The predicted octanol–water partition coefficient (Wildman–Crippen LogP) is 4.59. The molecule has 1 N–H and O–H groups in total. The summed E-state index contributed by atoms with van der Waals surface area (Å²) in [5.74, 6) is -0.391. The third-order valence-corrected chi connectivity index (χ3v) is 4.95. The van der Waals surface area contributed by atoms with Crippen molar-refractivity contribution in [2.24, 2.45) is 0 Å². The quantitative estimate of drug-likeness (QED) is 0.508. The third kappa shape index (κ3) is 2.21. The van der Waals surface area contributed by atoms with Crippen molar-refractivity contribution in [1.29, 1.82) is 0 Å². The molecule has 0 amide bonds. The second-order valence-electron chi connectivity index (χ2n) is 5.75. The molecule has 7 heteroatoms. The Labute approximate surface area is 150 Å². The van der Waals surface area contributed by atoms with Crippen LogP contribution in [-0.2, 0) is 0 Å². The van der Waals surface area contributed by atoms with Crippen LogP contribution in [0.15, 0.2) is 64.4 Å². The van der Waals surface area contributed by atoms with Crippen molar-refractivity contribution in [2.75, 3.05) is 0 Å². The molecule has 5 rings (SSSR count). The molecule has 0 radical (unpaired) electrons. The van der Waals surface area contributed by atoms with Crippen LogP contribution in [0.5, 0.6) is 0 Å². The Kier molecular flexibility index (Phi) is 3.16. The topological polar surface area (TPSA) is 81.1 Å². The zero-order valence-electron chi connectivity index (χ0n) is 13.3. The van der Waals surface area contributed by atoms with Crippen LogP contribution < -0.4 is 0 Å². The van der Waals surface area contributed by atoms with Crippen molar-refractivity contribution in [3.63, 3.8) is 0 Å². The Balaban J connectivity index is 1.74. The Hall–Kier alpha value is -3.45. The summed E-state index contributed by atoms with van der Waals surface area (Å²) < 4.78 is 7.63. The number of hydrogen-bond acceptors (Lipinski definition) is 5. The van der Waals surface area contributed by atoms with Gasteiger partial charge in [0.05, 0.1) is 5.52 Å². The summed E-state index contributed by atoms with van der Waals surface area (Å²) in [4.78, 5) is 15.3. The second-order valence-corrected chi connectivity index (χ2v) is 6.58. The lowest BCUT2D eigenvalue weighted by Gasteiger charge is -1.96. The fourth-order valence-electron chi connectivity index (χ4n) is 2.95. The van der Waals surface area contributed by atoms with Crippen molar-refractivity contribution < 1.29 is 14.3 Å². The number of aromatic carboxylic acids is 1. The number of carboxylic acids is 1. The van der Waals surface area contributed by atoms with Crippen molar-refractivity contribution in [3.05, 3.63) is 65.7 Å². The van der Waals surface area contributed by atoms with E-state index in [1.807, 2.05) is 54.6 Å². The molecule has 0 atom stereocenters. The fraction of sp³-hybridized carbons (Fsp3) is 0. The van der Waals surface area contributed by atoms with E-state index in [0.717, 1.165) is 21.9 Å². The molecule has 2 aromatic carbocycles. The highest BCUT2D eigenvalue weighted by Crippen LogP contribution is 2.33. The molecule has 0 aliphatic rings. The Morgan fingerprint density at radius 1 is 1.12 bits per heavy atom. The smallest absolute Gasteiger partial charge is 0.355 e. The lowest BCUT2D eigenvalue weighted by atomic mass is 10.1. The zero-order chi connectivity index (χ0) is 17.7. The first-order valence-corrected chi connectivity index (χ1v) is 8.74. The van der Waals surface area contributed by atoms with Crippen LogP contribution in [0, 0.1) is 0 Å². The third-order valence-electron chi connectivity index (χ3n) is 4.14. The van der Waals surface area contributed by atoms with Crippen molar-refractivity contribution in [3.8, 4) is 16.6 Å². The Bertz CT molecular complexity index is 1250. The number of nitrogens with zero attached hydrogens (tertiary/aromatic N) is 3. The number of thiazole rings is 1. The summed E-state index contributed by atoms with van der Waals surface area (Å²) in [6.07, 6.45) is 0. The molecular weight excluding hydrogens is 350 g/mol. The fourth-order valence-corrected chi connectivity index (χ4v) is 3.71. The minimum atomic E-state index is -1.05. The van der Waals surface area contributed by atoms with E-state index in [1.165, 1.54) is 16.7 Å². The van der Waals surface area contributed by atoms with Gasteiger partial charge in [0.15, 0.2) is 11.5 Å². The minimum Gasteiger partial charge on any atom is -0.476 e. The highest BCUT2D eigenvalue weighted by Gasteiger charge is 2.19. The summed E-state index contributed by atoms with van der Waals surface area (Å²) >= 11 is 1.24. The monoisotopic (exact) mass is 361 g/mol. The highest BCUT2D eigenvalue weighted by molar-refractivity contribution is 7.12. The van der Waals surface area contributed by atoms with Gasteiger partial charge in [0.25, 0.3) is 0 Å². The van der Waals surface area contributed by atoms with Crippen LogP contribution in [0.25, 0.3) is 38.5 Å². The van der Waals surface area contributed by atoms with Crippen LogP contribution in [0.4, 0.5) is 0 Å². The molecule has 5 aromatic rings. The number of benzene rings is 2. The molecule has 0 fully saturated rings. The summed E-state index contributed by atoms with van der Waals surface area (Å²) in [6.45, 7) is 0. The molecule has 0 bridgehead atoms. The predicted molar refractivity (Wildman–Crippen MR) is 98.9 cm³/mol. The van der Waals surface area contributed by atoms with E-state index >= 15 is 0 Å². The normalized spacial score (nSPS) is 11.4. The SMILES string of the molecule is O=C(O)c1csc(-n2nc(-c3cc4ccccc4o3)c3ccccc32)n1. The molecular formula is C19H11N3O3S.